The first-order valence-corrected chi connectivity index (χ1v) is 7.53. The molecule has 1 aromatic carbocycles. The average molecular weight is 289 g/mol. The second-order valence-corrected chi connectivity index (χ2v) is 5.92. The SMILES string of the molecule is Cc1ccc(C(=O)CCN2CCCC2CC(=O)O)c(C)c1. The number of likely N-dealkylation sites (tertiary alicyclic amines) is 1. The molecule has 1 fully saturated rings. The number of carbonyl (C=O) groups is 2. The number of carboxylic acid groups (broad SMARTS) is 1. The van der Waals surface area contributed by atoms with Gasteiger partial charge in [-0.15, -0.1) is 0 Å². The van der Waals surface area contributed by atoms with Gasteiger partial charge in [-0.05, 0) is 38.8 Å². The number of Topliss-reactive ketones (excluding diaryl/α,β-unsaturated/α-hetero) is 1. The number of aryl methyl sites for hydroxylation is 2. The molecule has 0 aliphatic carbocycles. The lowest BCUT2D eigenvalue weighted by molar-refractivity contribution is -0.138. The Balaban J connectivity index is 1.93. The van der Waals surface area contributed by atoms with Gasteiger partial charge in [0.15, 0.2) is 5.78 Å². The fourth-order valence-electron chi connectivity index (χ4n) is 3.13. The summed E-state index contributed by atoms with van der Waals surface area (Å²) in [4.78, 5) is 25.3. The molecule has 1 heterocycles. The van der Waals surface area contributed by atoms with Crippen LogP contribution in [0.4, 0.5) is 0 Å². The third kappa shape index (κ3) is 4.14. The zero-order valence-corrected chi connectivity index (χ0v) is 12.8. The predicted octanol–water partition coefficient (Wildman–Crippen LogP) is 2.82. The summed E-state index contributed by atoms with van der Waals surface area (Å²) in [6.45, 7) is 5.54. The second-order valence-electron chi connectivity index (χ2n) is 5.92. The van der Waals surface area contributed by atoms with Gasteiger partial charge in [0.2, 0.25) is 0 Å². The van der Waals surface area contributed by atoms with Gasteiger partial charge in [-0.1, -0.05) is 23.8 Å². The Labute approximate surface area is 125 Å². The summed E-state index contributed by atoms with van der Waals surface area (Å²) in [5.74, 6) is -0.610. The molecule has 0 radical (unpaired) electrons. The van der Waals surface area contributed by atoms with Gasteiger partial charge < -0.3 is 5.11 Å². The van der Waals surface area contributed by atoms with Crippen LogP contribution in [-0.2, 0) is 4.79 Å². The Bertz CT molecular complexity index is 539. The maximum absolute atomic E-state index is 12.3. The molecule has 0 saturated carbocycles. The third-order valence-electron chi connectivity index (χ3n) is 4.22. The van der Waals surface area contributed by atoms with Gasteiger partial charge >= 0.3 is 5.97 Å². The fraction of sp³-hybridized carbons (Fsp3) is 0.529. The van der Waals surface area contributed by atoms with Crippen molar-refractivity contribution in [2.45, 2.75) is 45.6 Å². The molecule has 4 nitrogen and oxygen atoms in total. The van der Waals surface area contributed by atoms with E-state index in [4.69, 9.17) is 5.11 Å². The first kappa shape index (κ1) is 15.7. The predicted molar refractivity (Wildman–Crippen MR) is 81.7 cm³/mol. The molecule has 1 aromatic rings. The highest BCUT2D eigenvalue weighted by Gasteiger charge is 2.26. The molecule has 0 amide bonds. The molecule has 4 heteroatoms. The Hall–Kier alpha value is -1.68. The van der Waals surface area contributed by atoms with E-state index in [2.05, 4.69) is 4.90 Å². The Kier molecular flexibility index (Phi) is 5.12. The van der Waals surface area contributed by atoms with Crippen molar-refractivity contribution in [3.8, 4) is 0 Å². The summed E-state index contributed by atoms with van der Waals surface area (Å²) in [5.41, 5.74) is 2.96. The maximum atomic E-state index is 12.3. The third-order valence-corrected chi connectivity index (χ3v) is 4.22. The van der Waals surface area contributed by atoms with Crippen molar-refractivity contribution >= 4 is 11.8 Å². The molecule has 1 aliphatic heterocycles. The first-order valence-electron chi connectivity index (χ1n) is 7.53. The molecular formula is C17H23NO3. The van der Waals surface area contributed by atoms with Crippen molar-refractivity contribution in [3.05, 3.63) is 34.9 Å². The zero-order chi connectivity index (χ0) is 15.4. The average Bonchev–Trinajstić information content (AvgIpc) is 2.82. The van der Waals surface area contributed by atoms with Gasteiger partial charge in [0.05, 0.1) is 6.42 Å². The van der Waals surface area contributed by atoms with Crippen molar-refractivity contribution in [1.29, 1.82) is 0 Å². The lowest BCUT2D eigenvalue weighted by atomic mass is 10.0. The first-order chi connectivity index (χ1) is 9.97. The van der Waals surface area contributed by atoms with E-state index in [1.54, 1.807) is 0 Å². The number of carbonyl (C=O) groups excluding carboxylic acids is 1. The lowest BCUT2D eigenvalue weighted by Gasteiger charge is -2.22. The Morgan fingerprint density at radius 1 is 1.33 bits per heavy atom. The number of aliphatic carboxylic acids is 1. The standard InChI is InChI=1S/C17H23NO3/c1-12-5-6-15(13(2)10-12)16(19)7-9-18-8-3-4-14(18)11-17(20)21/h5-6,10,14H,3-4,7-9,11H2,1-2H3,(H,20,21). The molecule has 2 rings (SSSR count). The summed E-state index contributed by atoms with van der Waals surface area (Å²) in [7, 11) is 0. The number of ketones is 1. The van der Waals surface area contributed by atoms with Gasteiger partial charge in [-0.25, -0.2) is 0 Å². The van der Waals surface area contributed by atoms with E-state index in [9.17, 15) is 9.59 Å². The minimum Gasteiger partial charge on any atom is -0.481 e. The minimum atomic E-state index is -0.757. The van der Waals surface area contributed by atoms with Crippen LogP contribution in [-0.4, -0.2) is 40.9 Å². The van der Waals surface area contributed by atoms with Crippen molar-refractivity contribution < 1.29 is 14.7 Å². The van der Waals surface area contributed by atoms with Crippen molar-refractivity contribution in [3.63, 3.8) is 0 Å². The summed E-state index contributed by atoms with van der Waals surface area (Å²) >= 11 is 0. The molecule has 1 atom stereocenters. The molecule has 1 N–H and O–H groups in total. The van der Waals surface area contributed by atoms with Crippen LogP contribution >= 0.6 is 0 Å². The Morgan fingerprint density at radius 2 is 2.10 bits per heavy atom. The largest absolute Gasteiger partial charge is 0.481 e. The Morgan fingerprint density at radius 3 is 2.76 bits per heavy atom. The smallest absolute Gasteiger partial charge is 0.304 e. The molecule has 0 aromatic heterocycles. The molecule has 0 spiro atoms. The van der Waals surface area contributed by atoms with Gasteiger partial charge in [0.1, 0.15) is 0 Å². The molecule has 21 heavy (non-hydrogen) atoms. The highest BCUT2D eigenvalue weighted by atomic mass is 16.4. The molecule has 1 saturated heterocycles. The van der Waals surface area contributed by atoms with Crippen molar-refractivity contribution in [1.82, 2.24) is 4.90 Å². The van der Waals surface area contributed by atoms with Crippen LogP contribution < -0.4 is 0 Å². The topological polar surface area (TPSA) is 57.6 Å². The van der Waals surface area contributed by atoms with Gasteiger partial charge in [-0.3, -0.25) is 14.5 Å². The molecule has 114 valence electrons. The van der Waals surface area contributed by atoms with Crippen molar-refractivity contribution in [2.75, 3.05) is 13.1 Å². The van der Waals surface area contributed by atoms with E-state index in [0.29, 0.717) is 13.0 Å². The van der Waals surface area contributed by atoms with E-state index in [0.717, 1.165) is 36.1 Å². The normalized spacial score (nSPS) is 18.9. The number of nitrogens with zero attached hydrogens (tertiary/aromatic N) is 1. The van der Waals surface area contributed by atoms with Crippen molar-refractivity contribution in [2.24, 2.45) is 0 Å². The van der Waals surface area contributed by atoms with E-state index < -0.39 is 5.97 Å². The van der Waals surface area contributed by atoms with Crippen LogP contribution in [0.2, 0.25) is 0 Å². The number of hydrogen-bond acceptors (Lipinski definition) is 3. The summed E-state index contributed by atoms with van der Waals surface area (Å²) < 4.78 is 0. The summed E-state index contributed by atoms with van der Waals surface area (Å²) in [6.07, 6.45) is 2.58. The number of hydrogen-bond donors (Lipinski definition) is 1. The van der Waals surface area contributed by atoms with Crippen LogP contribution in [0.25, 0.3) is 0 Å². The van der Waals surface area contributed by atoms with Gasteiger partial charge in [-0.2, -0.15) is 0 Å². The van der Waals surface area contributed by atoms with E-state index in [1.807, 2.05) is 32.0 Å². The minimum absolute atomic E-state index is 0.0921. The summed E-state index contributed by atoms with van der Waals surface area (Å²) in [6, 6.07) is 5.97. The maximum Gasteiger partial charge on any atom is 0.304 e. The quantitative estimate of drug-likeness (QED) is 0.818. The zero-order valence-electron chi connectivity index (χ0n) is 12.8. The van der Waals surface area contributed by atoms with Crippen LogP contribution in [0.3, 0.4) is 0 Å². The summed E-state index contributed by atoms with van der Waals surface area (Å²) in [5, 5.41) is 8.92. The second kappa shape index (κ2) is 6.85. The van der Waals surface area contributed by atoms with E-state index in [-0.39, 0.29) is 18.2 Å². The number of benzene rings is 1. The van der Waals surface area contributed by atoms with Gasteiger partial charge in [0.25, 0.3) is 0 Å². The highest BCUT2D eigenvalue weighted by Crippen LogP contribution is 2.21. The molecular weight excluding hydrogens is 266 g/mol. The monoisotopic (exact) mass is 289 g/mol. The van der Waals surface area contributed by atoms with Crippen LogP contribution in [0.1, 0.15) is 47.2 Å². The molecule has 0 bridgehead atoms. The van der Waals surface area contributed by atoms with E-state index in [1.165, 1.54) is 0 Å². The van der Waals surface area contributed by atoms with Crippen LogP contribution in [0.15, 0.2) is 18.2 Å². The highest BCUT2D eigenvalue weighted by molar-refractivity contribution is 5.97. The van der Waals surface area contributed by atoms with Crippen LogP contribution in [0.5, 0.6) is 0 Å². The fourth-order valence-corrected chi connectivity index (χ4v) is 3.13. The molecule has 1 aliphatic rings. The lowest BCUT2D eigenvalue weighted by Crippen LogP contribution is -2.33. The molecule has 1 unspecified atom stereocenters. The number of carboxylic acids is 1. The number of rotatable bonds is 6. The van der Waals surface area contributed by atoms with Gasteiger partial charge in [0, 0.05) is 24.6 Å². The van der Waals surface area contributed by atoms with E-state index >= 15 is 0 Å². The van der Waals surface area contributed by atoms with Crippen LogP contribution in [0, 0.1) is 13.8 Å².